The van der Waals surface area contributed by atoms with Gasteiger partial charge in [0, 0.05) is 36.6 Å². The molecule has 2 aromatic carbocycles. The summed E-state index contributed by atoms with van der Waals surface area (Å²) in [6.45, 7) is 4.72. The Balaban J connectivity index is 1.22. The second kappa shape index (κ2) is 11.1. The van der Waals surface area contributed by atoms with E-state index in [9.17, 15) is 13.0 Å². The number of aromatic nitrogens is 2. The largest absolute Gasteiger partial charge is 0.491 e. The van der Waals surface area contributed by atoms with E-state index in [-0.39, 0.29) is 5.25 Å². The van der Waals surface area contributed by atoms with E-state index >= 15 is 0 Å². The summed E-state index contributed by atoms with van der Waals surface area (Å²) >= 11 is 0. The number of piperidine rings is 1. The van der Waals surface area contributed by atoms with Gasteiger partial charge in [0.1, 0.15) is 11.4 Å². The number of nitrogens with zero attached hydrogens (tertiary/aromatic N) is 2. The first-order valence-corrected chi connectivity index (χ1v) is 17.0. The number of likely N-dealkylation sites (tertiary alicyclic amines) is 1. The van der Waals surface area contributed by atoms with Gasteiger partial charge in [-0.25, -0.2) is 18.0 Å². The zero-order valence-corrected chi connectivity index (χ0v) is 24.5. The second-order valence-electron chi connectivity index (χ2n) is 11.0. The van der Waals surface area contributed by atoms with Crippen LogP contribution in [0.2, 0.25) is 0 Å². The number of aryl methyl sites for hydroxylation is 1. The van der Waals surface area contributed by atoms with Gasteiger partial charge in [-0.05, 0) is 86.1 Å². The number of H-pyrrole nitrogens is 1. The molecule has 218 valence electrons. The lowest BCUT2D eigenvalue weighted by Crippen LogP contribution is -2.37. The SMILES string of the molecule is Cc1cnc2[nH]c3c(OCCCN4CCC(OP(=O)(O)O)CC4)ccc(-c4cccc(S(=O)(=O)C5CC5)c4)c3c2c1. The highest BCUT2D eigenvalue weighted by Gasteiger charge is 2.37. The summed E-state index contributed by atoms with van der Waals surface area (Å²) in [4.78, 5) is 28.7. The molecule has 0 bridgehead atoms. The highest BCUT2D eigenvalue weighted by atomic mass is 32.2. The molecule has 10 nitrogen and oxygen atoms in total. The van der Waals surface area contributed by atoms with Crippen molar-refractivity contribution in [2.24, 2.45) is 0 Å². The minimum Gasteiger partial charge on any atom is -0.491 e. The number of hydrogen-bond donors (Lipinski definition) is 3. The Labute approximate surface area is 238 Å². The molecule has 0 spiro atoms. The predicted octanol–water partition coefficient (Wildman–Crippen LogP) is 4.97. The molecule has 2 aromatic heterocycles. The van der Waals surface area contributed by atoms with Crippen LogP contribution in [0.25, 0.3) is 33.1 Å². The van der Waals surface area contributed by atoms with Gasteiger partial charge >= 0.3 is 7.82 Å². The van der Waals surface area contributed by atoms with Crippen LogP contribution in [0.1, 0.15) is 37.7 Å². The standard InChI is InChI=1S/C29H34N3O7PS/c1-19-16-25-27-24(20-4-2-5-23(17-20)41(36,37)22-6-7-22)8-9-26(28(27)31-29(25)30-18-19)38-15-3-12-32-13-10-21(11-14-32)39-40(33,34)35/h2,4-5,8-9,16-18,21-22H,3,6-7,10-15H2,1H3,(H,30,31)(H2,33,34,35). The summed E-state index contributed by atoms with van der Waals surface area (Å²) in [5, 5.41) is 1.63. The third kappa shape index (κ3) is 6.21. The maximum Gasteiger partial charge on any atom is 0.469 e. The van der Waals surface area contributed by atoms with E-state index in [1.807, 2.05) is 31.3 Å². The van der Waals surface area contributed by atoms with Gasteiger partial charge in [-0.15, -0.1) is 0 Å². The fourth-order valence-corrected chi connectivity index (χ4v) is 7.94. The zero-order valence-electron chi connectivity index (χ0n) is 22.8. The summed E-state index contributed by atoms with van der Waals surface area (Å²) in [6, 6.07) is 13.2. The van der Waals surface area contributed by atoms with Crippen LogP contribution in [0, 0.1) is 6.92 Å². The van der Waals surface area contributed by atoms with Gasteiger partial charge in [0.05, 0.1) is 28.4 Å². The Kier molecular flexibility index (Phi) is 7.69. The molecule has 1 saturated carbocycles. The van der Waals surface area contributed by atoms with Crippen molar-refractivity contribution in [3.05, 3.63) is 54.2 Å². The monoisotopic (exact) mass is 599 g/mol. The van der Waals surface area contributed by atoms with Gasteiger partial charge in [0.25, 0.3) is 0 Å². The number of rotatable bonds is 10. The van der Waals surface area contributed by atoms with Crippen molar-refractivity contribution >= 4 is 39.6 Å². The van der Waals surface area contributed by atoms with Crippen LogP contribution in [0.4, 0.5) is 0 Å². The zero-order chi connectivity index (χ0) is 28.8. The molecule has 12 heteroatoms. The van der Waals surface area contributed by atoms with Gasteiger partial charge in [-0.2, -0.15) is 0 Å². The Morgan fingerprint density at radius 2 is 1.88 bits per heavy atom. The van der Waals surface area contributed by atoms with Crippen LogP contribution >= 0.6 is 7.82 Å². The summed E-state index contributed by atoms with van der Waals surface area (Å²) in [7, 11) is -7.78. The van der Waals surface area contributed by atoms with E-state index in [0.29, 0.717) is 43.2 Å². The summed E-state index contributed by atoms with van der Waals surface area (Å²) in [5.41, 5.74) is 4.33. The minimum absolute atomic E-state index is 0.270. The lowest BCUT2D eigenvalue weighted by atomic mass is 9.99. The van der Waals surface area contributed by atoms with Crippen molar-refractivity contribution in [3.63, 3.8) is 0 Å². The van der Waals surface area contributed by atoms with Gasteiger partial charge in [-0.3, -0.25) is 4.52 Å². The maximum absolute atomic E-state index is 13.0. The number of aromatic amines is 1. The van der Waals surface area contributed by atoms with E-state index in [2.05, 4.69) is 20.9 Å². The molecule has 3 heterocycles. The Morgan fingerprint density at radius 3 is 2.61 bits per heavy atom. The van der Waals surface area contributed by atoms with Crippen molar-refractivity contribution in [1.29, 1.82) is 0 Å². The average Bonchev–Trinajstić information content (AvgIpc) is 3.73. The van der Waals surface area contributed by atoms with Crippen molar-refractivity contribution in [1.82, 2.24) is 14.9 Å². The highest BCUT2D eigenvalue weighted by Crippen LogP contribution is 2.41. The predicted molar refractivity (Wildman–Crippen MR) is 157 cm³/mol. The third-order valence-electron chi connectivity index (χ3n) is 7.84. The number of ether oxygens (including phenoxy) is 1. The lowest BCUT2D eigenvalue weighted by molar-refractivity contribution is 0.0695. The topological polar surface area (TPSA) is 142 Å². The Hall–Kier alpha value is -2.79. The highest BCUT2D eigenvalue weighted by molar-refractivity contribution is 7.92. The van der Waals surface area contributed by atoms with E-state index in [4.69, 9.17) is 19.0 Å². The maximum atomic E-state index is 13.0. The van der Waals surface area contributed by atoms with Gasteiger partial charge in [0.2, 0.25) is 0 Å². The van der Waals surface area contributed by atoms with Crippen LogP contribution in [-0.4, -0.2) is 70.7 Å². The number of sulfone groups is 1. The number of benzene rings is 2. The first-order chi connectivity index (χ1) is 19.6. The smallest absolute Gasteiger partial charge is 0.469 e. The Bertz CT molecular complexity index is 1740. The van der Waals surface area contributed by atoms with Crippen LogP contribution in [0.15, 0.2) is 53.6 Å². The van der Waals surface area contributed by atoms with Gasteiger partial charge < -0.3 is 24.4 Å². The molecular formula is C29H34N3O7PS. The number of phosphoric ester groups is 1. The van der Waals surface area contributed by atoms with Crippen molar-refractivity contribution < 1.29 is 32.0 Å². The fourth-order valence-electron chi connectivity index (χ4n) is 5.64. The average molecular weight is 600 g/mol. The molecule has 1 saturated heterocycles. The summed E-state index contributed by atoms with van der Waals surface area (Å²) < 4.78 is 48.1. The Morgan fingerprint density at radius 1 is 1.10 bits per heavy atom. The number of phosphoric acid groups is 1. The van der Waals surface area contributed by atoms with E-state index < -0.39 is 23.8 Å². The molecular weight excluding hydrogens is 565 g/mol. The summed E-state index contributed by atoms with van der Waals surface area (Å²) in [6.07, 6.45) is 4.79. The fraction of sp³-hybridized carbons (Fsp3) is 0.414. The van der Waals surface area contributed by atoms with E-state index in [1.165, 1.54) is 0 Å². The second-order valence-corrected chi connectivity index (χ2v) is 14.4. The van der Waals surface area contributed by atoms with Gasteiger partial charge in [0.15, 0.2) is 9.84 Å². The van der Waals surface area contributed by atoms with Crippen LogP contribution in [0.3, 0.4) is 0 Å². The first-order valence-electron chi connectivity index (χ1n) is 13.9. The van der Waals surface area contributed by atoms with Crippen molar-refractivity contribution in [3.8, 4) is 16.9 Å². The molecule has 1 aliphatic carbocycles. The molecule has 0 radical (unpaired) electrons. The molecule has 4 aromatic rings. The van der Waals surface area contributed by atoms with E-state index in [0.717, 1.165) is 64.4 Å². The third-order valence-corrected chi connectivity index (χ3v) is 10.7. The minimum atomic E-state index is -4.46. The van der Waals surface area contributed by atoms with Crippen molar-refractivity contribution in [2.45, 2.75) is 55.3 Å². The van der Waals surface area contributed by atoms with Crippen LogP contribution < -0.4 is 4.74 Å². The molecule has 1 aliphatic heterocycles. The van der Waals surface area contributed by atoms with Crippen LogP contribution in [-0.2, 0) is 18.9 Å². The number of fused-ring (bicyclic) bond motifs is 3. The summed E-state index contributed by atoms with van der Waals surface area (Å²) in [5.74, 6) is 0.704. The molecule has 6 rings (SSSR count). The number of nitrogens with one attached hydrogen (secondary N) is 1. The molecule has 2 aliphatic rings. The molecule has 0 unspecified atom stereocenters. The molecule has 2 fully saturated rings. The quantitative estimate of drug-likeness (QED) is 0.170. The van der Waals surface area contributed by atoms with Gasteiger partial charge in [-0.1, -0.05) is 12.1 Å². The molecule has 0 amide bonds. The molecule has 41 heavy (non-hydrogen) atoms. The lowest BCUT2D eigenvalue weighted by Gasteiger charge is -2.31. The normalized spacial score (nSPS) is 17.4. The number of hydrogen-bond acceptors (Lipinski definition) is 7. The van der Waals surface area contributed by atoms with Crippen molar-refractivity contribution in [2.75, 3.05) is 26.2 Å². The first kappa shape index (κ1) is 28.3. The molecule has 3 N–H and O–H groups in total. The number of pyridine rings is 1. The van der Waals surface area contributed by atoms with E-state index in [1.54, 1.807) is 18.2 Å². The van der Waals surface area contributed by atoms with Crippen LogP contribution in [0.5, 0.6) is 5.75 Å². The molecule has 0 atom stereocenters.